The lowest BCUT2D eigenvalue weighted by Crippen LogP contribution is -2.28. The zero-order valence-corrected chi connectivity index (χ0v) is 12.2. The molecule has 114 valence electrons. The van der Waals surface area contributed by atoms with Gasteiger partial charge in [0.05, 0.1) is 11.6 Å². The predicted molar refractivity (Wildman–Crippen MR) is 81.6 cm³/mol. The minimum absolute atomic E-state index is 0.165. The van der Waals surface area contributed by atoms with Crippen LogP contribution < -0.4 is 5.32 Å². The first-order valence-electron chi connectivity index (χ1n) is 6.87. The van der Waals surface area contributed by atoms with Crippen molar-refractivity contribution in [3.8, 4) is 0 Å². The quantitative estimate of drug-likeness (QED) is 0.887. The van der Waals surface area contributed by atoms with Gasteiger partial charge in [0.15, 0.2) is 0 Å². The van der Waals surface area contributed by atoms with Gasteiger partial charge in [0.1, 0.15) is 6.61 Å². The molecule has 0 bridgehead atoms. The van der Waals surface area contributed by atoms with E-state index in [2.05, 4.69) is 5.32 Å². The molecular weight excluding hydrogens is 282 g/mol. The third kappa shape index (κ3) is 4.09. The molecule has 0 spiro atoms. The van der Waals surface area contributed by atoms with E-state index in [9.17, 15) is 9.59 Å². The van der Waals surface area contributed by atoms with Gasteiger partial charge in [-0.25, -0.2) is 9.59 Å². The van der Waals surface area contributed by atoms with Crippen LogP contribution in [0.5, 0.6) is 0 Å². The van der Waals surface area contributed by atoms with E-state index in [0.717, 1.165) is 5.56 Å². The highest BCUT2D eigenvalue weighted by Crippen LogP contribution is 2.18. The fourth-order valence-electron chi connectivity index (χ4n) is 2.09. The summed E-state index contributed by atoms with van der Waals surface area (Å²) in [6.45, 7) is 1.88. The lowest BCUT2D eigenvalue weighted by Gasteiger charge is -2.16. The minimum atomic E-state index is -1.03. The Morgan fingerprint density at radius 2 is 1.73 bits per heavy atom. The fraction of sp³-hybridized carbons (Fsp3) is 0.176. The SMILES string of the molecule is CC(NC(=O)OCc1ccccc1)c1ccccc1C(=O)O. The normalized spacial score (nSPS) is 11.5. The lowest BCUT2D eigenvalue weighted by atomic mass is 10.0. The number of carbonyl (C=O) groups is 2. The monoisotopic (exact) mass is 299 g/mol. The Kier molecular flexibility index (Phi) is 5.14. The van der Waals surface area contributed by atoms with E-state index in [1.165, 1.54) is 6.07 Å². The molecule has 0 aliphatic carbocycles. The Balaban J connectivity index is 1.95. The Bertz CT molecular complexity index is 655. The summed E-state index contributed by atoms with van der Waals surface area (Å²) >= 11 is 0. The Morgan fingerprint density at radius 3 is 2.41 bits per heavy atom. The number of carbonyl (C=O) groups excluding carboxylic acids is 1. The van der Waals surface area contributed by atoms with Crippen LogP contribution in [-0.4, -0.2) is 17.2 Å². The topological polar surface area (TPSA) is 75.6 Å². The van der Waals surface area contributed by atoms with E-state index in [1.807, 2.05) is 30.3 Å². The van der Waals surface area contributed by atoms with Gasteiger partial charge in [-0.2, -0.15) is 0 Å². The molecule has 22 heavy (non-hydrogen) atoms. The number of alkyl carbamates (subject to hydrolysis) is 1. The van der Waals surface area contributed by atoms with Gasteiger partial charge >= 0.3 is 12.1 Å². The van der Waals surface area contributed by atoms with Crippen LogP contribution in [0.4, 0.5) is 4.79 Å². The van der Waals surface area contributed by atoms with Crippen molar-refractivity contribution in [2.75, 3.05) is 0 Å². The zero-order chi connectivity index (χ0) is 15.9. The summed E-state index contributed by atoms with van der Waals surface area (Å²) in [6, 6.07) is 15.4. The molecule has 2 aromatic rings. The maximum atomic E-state index is 11.8. The molecule has 1 unspecified atom stereocenters. The van der Waals surface area contributed by atoms with Crippen molar-refractivity contribution in [1.29, 1.82) is 0 Å². The van der Waals surface area contributed by atoms with Crippen molar-refractivity contribution >= 4 is 12.1 Å². The van der Waals surface area contributed by atoms with Crippen LogP contribution in [-0.2, 0) is 11.3 Å². The number of ether oxygens (including phenoxy) is 1. The molecule has 2 rings (SSSR count). The van der Waals surface area contributed by atoms with Crippen LogP contribution in [0.2, 0.25) is 0 Å². The minimum Gasteiger partial charge on any atom is -0.478 e. The van der Waals surface area contributed by atoms with Gasteiger partial charge in [-0.15, -0.1) is 0 Å². The highest BCUT2D eigenvalue weighted by molar-refractivity contribution is 5.89. The second-order valence-corrected chi connectivity index (χ2v) is 4.82. The molecule has 2 aromatic carbocycles. The molecule has 0 fully saturated rings. The lowest BCUT2D eigenvalue weighted by molar-refractivity contribution is 0.0694. The van der Waals surface area contributed by atoms with Gasteiger partial charge in [-0.1, -0.05) is 48.5 Å². The van der Waals surface area contributed by atoms with Crippen LogP contribution in [0.3, 0.4) is 0 Å². The first-order chi connectivity index (χ1) is 10.6. The molecule has 0 radical (unpaired) electrons. The Hall–Kier alpha value is -2.82. The van der Waals surface area contributed by atoms with Gasteiger partial charge < -0.3 is 15.2 Å². The van der Waals surface area contributed by atoms with E-state index in [-0.39, 0.29) is 12.2 Å². The fourth-order valence-corrected chi connectivity index (χ4v) is 2.09. The van der Waals surface area contributed by atoms with Crippen LogP contribution in [0, 0.1) is 0 Å². The molecular formula is C17H17NO4. The summed E-state index contributed by atoms with van der Waals surface area (Å²) in [6.07, 6.45) is -0.587. The van der Waals surface area contributed by atoms with Crippen molar-refractivity contribution in [3.63, 3.8) is 0 Å². The number of rotatable bonds is 5. The first kappa shape index (κ1) is 15.6. The smallest absolute Gasteiger partial charge is 0.407 e. The Morgan fingerprint density at radius 1 is 1.09 bits per heavy atom. The molecule has 0 aromatic heterocycles. The van der Waals surface area contributed by atoms with Crippen molar-refractivity contribution in [2.45, 2.75) is 19.6 Å². The Labute approximate surface area is 128 Å². The summed E-state index contributed by atoms with van der Waals surface area (Å²) in [4.78, 5) is 23.0. The third-order valence-corrected chi connectivity index (χ3v) is 3.20. The van der Waals surface area contributed by atoms with Crippen molar-refractivity contribution < 1.29 is 19.4 Å². The standard InChI is InChI=1S/C17H17NO4/c1-12(14-9-5-6-10-15(14)16(19)20)18-17(21)22-11-13-7-3-2-4-8-13/h2-10,12H,11H2,1H3,(H,18,21)(H,19,20). The summed E-state index contributed by atoms with van der Waals surface area (Å²) in [5.74, 6) is -1.03. The highest BCUT2D eigenvalue weighted by Gasteiger charge is 2.17. The van der Waals surface area contributed by atoms with E-state index < -0.39 is 18.1 Å². The number of hydrogen-bond acceptors (Lipinski definition) is 3. The first-order valence-corrected chi connectivity index (χ1v) is 6.87. The number of carboxylic acid groups (broad SMARTS) is 1. The van der Waals surface area contributed by atoms with Crippen molar-refractivity contribution in [1.82, 2.24) is 5.32 Å². The second kappa shape index (κ2) is 7.26. The molecule has 0 heterocycles. The van der Waals surface area contributed by atoms with E-state index >= 15 is 0 Å². The number of carboxylic acids is 1. The zero-order valence-electron chi connectivity index (χ0n) is 12.2. The summed E-state index contributed by atoms with van der Waals surface area (Å²) in [7, 11) is 0. The molecule has 0 aliphatic rings. The molecule has 0 saturated heterocycles. The number of hydrogen-bond donors (Lipinski definition) is 2. The molecule has 1 atom stereocenters. The summed E-state index contributed by atoms with van der Waals surface area (Å²) in [5, 5.41) is 11.8. The molecule has 5 heteroatoms. The number of benzene rings is 2. The van der Waals surface area contributed by atoms with Crippen molar-refractivity contribution in [2.24, 2.45) is 0 Å². The third-order valence-electron chi connectivity index (χ3n) is 3.20. The molecule has 0 saturated carbocycles. The van der Waals surface area contributed by atoms with Gasteiger partial charge in [0.25, 0.3) is 0 Å². The highest BCUT2D eigenvalue weighted by atomic mass is 16.5. The maximum Gasteiger partial charge on any atom is 0.407 e. The molecule has 0 aliphatic heterocycles. The maximum absolute atomic E-state index is 11.8. The van der Waals surface area contributed by atoms with E-state index in [1.54, 1.807) is 25.1 Å². The van der Waals surface area contributed by atoms with Gasteiger partial charge in [0.2, 0.25) is 0 Å². The van der Waals surface area contributed by atoms with E-state index in [0.29, 0.717) is 5.56 Å². The molecule has 2 N–H and O–H groups in total. The second-order valence-electron chi connectivity index (χ2n) is 4.82. The number of amides is 1. The largest absolute Gasteiger partial charge is 0.478 e. The number of aromatic carboxylic acids is 1. The van der Waals surface area contributed by atoms with Gasteiger partial charge in [-0.05, 0) is 24.1 Å². The van der Waals surface area contributed by atoms with Crippen LogP contribution in [0.15, 0.2) is 54.6 Å². The van der Waals surface area contributed by atoms with Crippen LogP contribution in [0.25, 0.3) is 0 Å². The molecule has 5 nitrogen and oxygen atoms in total. The van der Waals surface area contributed by atoms with Crippen molar-refractivity contribution in [3.05, 3.63) is 71.3 Å². The summed E-state index contributed by atoms with van der Waals surface area (Å²) < 4.78 is 5.12. The number of nitrogens with one attached hydrogen (secondary N) is 1. The predicted octanol–water partition coefficient (Wildman–Crippen LogP) is 3.37. The summed E-state index contributed by atoms with van der Waals surface area (Å²) in [5.41, 5.74) is 1.58. The average molecular weight is 299 g/mol. The van der Waals surface area contributed by atoms with E-state index in [4.69, 9.17) is 9.84 Å². The van der Waals surface area contributed by atoms with Crippen LogP contribution >= 0.6 is 0 Å². The van der Waals surface area contributed by atoms with Crippen LogP contribution in [0.1, 0.15) is 34.5 Å². The average Bonchev–Trinajstić information content (AvgIpc) is 2.54. The van der Waals surface area contributed by atoms with Gasteiger partial charge in [0, 0.05) is 0 Å². The molecule has 1 amide bonds. The van der Waals surface area contributed by atoms with Gasteiger partial charge in [-0.3, -0.25) is 0 Å².